The first-order chi connectivity index (χ1) is 15.1. The lowest BCUT2D eigenvalue weighted by Crippen LogP contribution is -2.32. The van der Waals surface area contributed by atoms with E-state index in [1.54, 1.807) is 13.8 Å². The van der Waals surface area contributed by atoms with Crippen LogP contribution in [0.2, 0.25) is 0 Å². The lowest BCUT2D eigenvalue weighted by atomic mass is 9.80. The van der Waals surface area contributed by atoms with Crippen LogP contribution >= 0.6 is 22.6 Å². The minimum absolute atomic E-state index is 0.214. The van der Waals surface area contributed by atoms with Crippen molar-refractivity contribution in [2.24, 2.45) is 0 Å². The van der Waals surface area contributed by atoms with Crippen LogP contribution in [0.4, 0.5) is 0 Å². The summed E-state index contributed by atoms with van der Waals surface area (Å²) < 4.78 is 11.6. The molecule has 0 saturated carbocycles. The lowest BCUT2D eigenvalue weighted by molar-refractivity contribution is -0.149. The van der Waals surface area contributed by atoms with E-state index in [2.05, 4.69) is 34.4 Å². The molecule has 0 heterocycles. The maximum Gasteiger partial charge on any atom is 0.316 e. The second kappa shape index (κ2) is 11.0. The molecule has 0 aromatic heterocycles. The lowest BCUT2D eigenvalue weighted by Gasteiger charge is -2.25. The second-order valence-corrected chi connectivity index (χ2v) is 9.61. The number of ether oxygens (including phenoxy) is 2. The van der Waals surface area contributed by atoms with E-state index in [-0.39, 0.29) is 25.2 Å². The van der Waals surface area contributed by atoms with Gasteiger partial charge in [0.25, 0.3) is 0 Å². The van der Waals surface area contributed by atoms with Crippen molar-refractivity contribution in [3.05, 3.63) is 68.3 Å². The van der Waals surface area contributed by atoms with E-state index in [4.69, 9.17) is 14.6 Å². The smallest absolute Gasteiger partial charge is 0.316 e. The summed E-state index contributed by atoms with van der Waals surface area (Å²) in [5, 5.41) is 9.05. The van der Waals surface area contributed by atoms with Gasteiger partial charge in [-0.05, 0) is 79.1 Å². The number of carbonyl (C=O) groups is 2. The molecule has 2 aromatic carbocycles. The Balaban J connectivity index is 2.20. The molecule has 6 heteroatoms. The van der Waals surface area contributed by atoms with Gasteiger partial charge in [0.15, 0.2) is 0 Å². The Morgan fingerprint density at radius 3 is 2.28 bits per heavy atom. The van der Waals surface area contributed by atoms with Gasteiger partial charge in [-0.25, -0.2) is 0 Å². The van der Waals surface area contributed by atoms with Crippen LogP contribution in [0.15, 0.2) is 42.5 Å². The number of hydrogen-bond donors (Lipinski definition) is 1. The quantitative estimate of drug-likeness (QED) is 0.320. The summed E-state index contributed by atoms with van der Waals surface area (Å²) in [6, 6.07) is 13.4. The van der Waals surface area contributed by atoms with Gasteiger partial charge in [0.05, 0.1) is 24.5 Å². The highest BCUT2D eigenvalue weighted by Crippen LogP contribution is 2.30. The van der Waals surface area contributed by atoms with E-state index in [0.29, 0.717) is 17.5 Å². The van der Waals surface area contributed by atoms with Crippen LogP contribution < -0.4 is 0 Å². The normalized spacial score (nSPS) is 11.3. The molecule has 170 valence electrons. The van der Waals surface area contributed by atoms with Crippen LogP contribution in [0.25, 0.3) is 0 Å². The van der Waals surface area contributed by atoms with Gasteiger partial charge in [0.2, 0.25) is 0 Å². The third-order valence-electron chi connectivity index (χ3n) is 5.44. The fraction of sp³-hybridized carbons (Fsp3) is 0.385. The maximum absolute atomic E-state index is 12.8. The van der Waals surface area contributed by atoms with Crippen molar-refractivity contribution in [3.63, 3.8) is 0 Å². The minimum atomic E-state index is -0.924. The highest BCUT2D eigenvalue weighted by Gasteiger charge is 2.34. The highest BCUT2D eigenvalue weighted by atomic mass is 127. The molecule has 0 spiro atoms. The first-order valence-electron chi connectivity index (χ1n) is 10.3. The monoisotopic (exact) mass is 548 g/mol. The number of methoxy groups -OCH3 is 1. The number of aliphatic hydroxyl groups is 1. The number of carbonyl (C=O) groups excluding carboxylic acids is 2. The number of aliphatic hydroxyl groups excluding tert-OH is 1. The molecule has 0 aliphatic carbocycles. The fourth-order valence-electron chi connectivity index (χ4n) is 3.39. The molecule has 0 fully saturated rings. The summed E-state index contributed by atoms with van der Waals surface area (Å²) in [4.78, 5) is 25.2. The number of rotatable bonds is 7. The SMILES string of the molecule is COC(=O)C(C)(C)c1cc(CCOC(=O)C(C)(C)c2ccccc2I)ccc1C#CCO. The molecule has 2 aromatic rings. The molecule has 0 bridgehead atoms. The Morgan fingerprint density at radius 1 is 1.00 bits per heavy atom. The van der Waals surface area contributed by atoms with Crippen molar-refractivity contribution in [3.8, 4) is 11.8 Å². The molecule has 0 radical (unpaired) electrons. The van der Waals surface area contributed by atoms with Gasteiger partial charge >= 0.3 is 11.9 Å². The van der Waals surface area contributed by atoms with E-state index in [9.17, 15) is 9.59 Å². The first-order valence-corrected chi connectivity index (χ1v) is 11.4. The molecule has 32 heavy (non-hydrogen) atoms. The molecule has 0 saturated heterocycles. The zero-order chi connectivity index (χ0) is 23.9. The van der Waals surface area contributed by atoms with Gasteiger partial charge in [0, 0.05) is 15.6 Å². The number of hydrogen-bond acceptors (Lipinski definition) is 5. The summed E-state index contributed by atoms with van der Waals surface area (Å²) in [6.45, 7) is 7.20. The van der Waals surface area contributed by atoms with Gasteiger partial charge < -0.3 is 14.6 Å². The molecule has 2 rings (SSSR count). The average Bonchev–Trinajstić information content (AvgIpc) is 2.77. The first kappa shape index (κ1) is 25.9. The van der Waals surface area contributed by atoms with Gasteiger partial charge in [-0.15, -0.1) is 0 Å². The van der Waals surface area contributed by atoms with Crippen LogP contribution in [0.1, 0.15) is 49.9 Å². The predicted molar refractivity (Wildman–Crippen MR) is 132 cm³/mol. The Labute approximate surface area is 203 Å². The van der Waals surface area contributed by atoms with Crippen molar-refractivity contribution >= 4 is 34.5 Å². The van der Waals surface area contributed by atoms with E-state index < -0.39 is 10.8 Å². The molecule has 0 unspecified atom stereocenters. The number of esters is 2. The summed E-state index contributed by atoms with van der Waals surface area (Å²) in [5.41, 5.74) is 1.50. The van der Waals surface area contributed by atoms with Crippen molar-refractivity contribution < 1.29 is 24.2 Å². The van der Waals surface area contributed by atoms with Gasteiger partial charge in [-0.2, -0.15) is 0 Å². The molecule has 0 aliphatic heterocycles. The van der Waals surface area contributed by atoms with E-state index in [1.807, 2.05) is 56.3 Å². The summed E-state index contributed by atoms with van der Waals surface area (Å²) >= 11 is 2.23. The van der Waals surface area contributed by atoms with Crippen molar-refractivity contribution in [2.75, 3.05) is 20.3 Å². The van der Waals surface area contributed by atoms with Crippen LogP contribution in [-0.2, 0) is 36.3 Å². The summed E-state index contributed by atoms with van der Waals surface area (Å²) in [6.07, 6.45) is 0.492. The van der Waals surface area contributed by atoms with Crippen molar-refractivity contribution in [1.29, 1.82) is 0 Å². The fourth-order valence-corrected chi connectivity index (χ4v) is 4.45. The van der Waals surface area contributed by atoms with Crippen LogP contribution in [0.5, 0.6) is 0 Å². The Kier molecular flexibility index (Phi) is 8.88. The highest BCUT2D eigenvalue weighted by molar-refractivity contribution is 14.1. The topological polar surface area (TPSA) is 72.8 Å². The third-order valence-corrected chi connectivity index (χ3v) is 6.38. The average molecular weight is 548 g/mol. The van der Waals surface area contributed by atoms with Crippen LogP contribution in [-0.4, -0.2) is 37.4 Å². The summed E-state index contributed by atoms with van der Waals surface area (Å²) in [7, 11) is 1.35. The Bertz CT molecular complexity index is 1040. The molecule has 5 nitrogen and oxygen atoms in total. The Hall–Kier alpha value is -2.37. The largest absolute Gasteiger partial charge is 0.468 e. The molecular weight excluding hydrogens is 519 g/mol. The maximum atomic E-state index is 12.8. The van der Waals surface area contributed by atoms with E-state index in [1.165, 1.54) is 7.11 Å². The molecule has 1 N–H and O–H groups in total. The van der Waals surface area contributed by atoms with Crippen LogP contribution in [0.3, 0.4) is 0 Å². The number of halogens is 1. The van der Waals surface area contributed by atoms with Gasteiger partial charge in [-0.1, -0.05) is 42.2 Å². The van der Waals surface area contributed by atoms with E-state index in [0.717, 1.165) is 14.7 Å². The molecule has 0 aliphatic rings. The van der Waals surface area contributed by atoms with Crippen LogP contribution in [0, 0.1) is 15.4 Å². The molecule has 0 amide bonds. The minimum Gasteiger partial charge on any atom is -0.468 e. The standard InChI is InChI=1S/C26H29IO5/c1-25(2,20-10-6-7-11-22(20)27)24(30)32-16-14-18-12-13-19(9-8-15-28)21(17-18)26(3,4)23(29)31-5/h6-7,10-13,17,28H,14-16H2,1-5H3. The second-order valence-electron chi connectivity index (χ2n) is 8.45. The Morgan fingerprint density at radius 2 is 1.66 bits per heavy atom. The van der Waals surface area contributed by atoms with E-state index >= 15 is 0 Å². The summed E-state index contributed by atoms with van der Waals surface area (Å²) in [5.74, 6) is 4.86. The zero-order valence-electron chi connectivity index (χ0n) is 19.1. The number of benzene rings is 2. The third kappa shape index (κ3) is 5.90. The van der Waals surface area contributed by atoms with Crippen molar-refractivity contribution in [2.45, 2.75) is 44.9 Å². The predicted octanol–water partition coefficient (Wildman–Crippen LogP) is 4.15. The van der Waals surface area contributed by atoms with Crippen molar-refractivity contribution in [1.82, 2.24) is 0 Å². The van der Waals surface area contributed by atoms with Gasteiger partial charge in [-0.3, -0.25) is 9.59 Å². The zero-order valence-corrected chi connectivity index (χ0v) is 21.3. The molecular formula is C26H29IO5. The molecule has 0 atom stereocenters. The van der Waals surface area contributed by atoms with Gasteiger partial charge in [0.1, 0.15) is 6.61 Å².